The van der Waals surface area contributed by atoms with Crippen molar-refractivity contribution in [3.63, 3.8) is 0 Å². The highest BCUT2D eigenvalue weighted by atomic mass is 16.7. The van der Waals surface area contributed by atoms with Gasteiger partial charge >= 0.3 is 17.9 Å². The van der Waals surface area contributed by atoms with Crippen molar-refractivity contribution >= 4 is 40.9 Å². The van der Waals surface area contributed by atoms with Crippen LogP contribution in [0.1, 0.15) is 83.8 Å². The van der Waals surface area contributed by atoms with Crippen LogP contribution in [-0.2, 0) is 38.1 Å². The van der Waals surface area contributed by atoms with Gasteiger partial charge < -0.3 is 54.5 Å². The number of Topliss-reactive ketones (excluding diaryl/α,β-unsaturated/α-hetero) is 1. The molecule has 1 aliphatic carbocycles. The second-order valence-corrected chi connectivity index (χ2v) is 15.3. The smallest absolute Gasteiger partial charge is 0.313 e. The Morgan fingerprint density at radius 3 is 2.09 bits per heavy atom. The van der Waals surface area contributed by atoms with Crippen LogP contribution in [0.5, 0.6) is 11.5 Å². The maximum Gasteiger partial charge on any atom is 0.313 e. The van der Waals surface area contributed by atoms with Gasteiger partial charge in [0.25, 0.3) is 5.91 Å². The predicted octanol–water partition coefficient (Wildman–Crippen LogP) is 3.68. The number of aliphatic hydroxyl groups is 4. The third-order valence-corrected chi connectivity index (χ3v) is 10.9. The number of anilines is 1. The number of methoxy groups -OCH3 is 1. The molecule has 9 unspecified atom stereocenters. The first kappa shape index (κ1) is 45.4. The Kier molecular flexibility index (Phi) is 13.8. The van der Waals surface area contributed by atoms with E-state index in [0.717, 1.165) is 21.0 Å². The van der Waals surface area contributed by atoms with Crippen molar-refractivity contribution in [2.24, 2.45) is 23.7 Å². The minimum Gasteiger partial charge on any atom is -0.505 e. The fourth-order valence-electron chi connectivity index (χ4n) is 7.67. The SMILES string of the molecule is COC(=O)C1C(O)C(C)C(OC(C)=O)C(C)/C=C\C=C(C)C(=O)Nc2c(C)c(OC(C)=O)c3c(c2O)C(=O)C(C)=C2OCOC(=C23)C(C)=CC(C)(O)C(O)C(C)C1O. The van der Waals surface area contributed by atoms with Crippen molar-refractivity contribution in [1.82, 2.24) is 0 Å². The first-order valence-corrected chi connectivity index (χ1v) is 18.7. The standard InChI is InChI=1S/C42H53NO15/c1-17-13-12-14-18(2)40(51)43-30-20(4)38(58-25(9)45)26-27(34(30)49)31(46)22(6)37-28(26)36(55-16-56-37)19(3)15-42(10,53)39(50)23(7)33(48)29(41(52)54-11)32(47)21(5)35(17)57-24(8)44/h12-15,17,21,23,29,32-33,35,39,47-50,53H,16H2,1-11H3,(H,43,51)/b13-12-,18-14?,19-15?. The van der Waals surface area contributed by atoms with E-state index in [1.807, 2.05) is 0 Å². The Balaban J connectivity index is 2.08. The minimum absolute atomic E-state index is 0.00899. The quantitative estimate of drug-likeness (QED) is 0.145. The molecule has 1 aromatic rings. The molecule has 1 aromatic carbocycles. The zero-order valence-corrected chi connectivity index (χ0v) is 34.5. The van der Waals surface area contributed by atoms with Crippen molar-refractivity contribution in [3.05, 3.63) is 69.2 Å². The molecule has 16 nitrogen and oxygen atoms in total. The van der Waals surface area contributed by atoms with Crippen LogP contribution in [0, 0.1) is 30.6 Å². The van der Waals surface area contributed by atoms with Gasteiger partial charge in [-0.3, -0.25) is 24.0 Å². The van der Waals surface area contributed by atoms with Gasteiger partial charge in [-0.1, -0.05) is 39.0 Å². The number of aromatic hydroxyl groups is 1. The first-order chi connectivity index (χ1) is 27.0. The topological polar surface area (TPSA) is 245 Å². The lowest BCUT2D eigenvalue weighted by Crippen LogP contribution is -2.53. The van der Waals surface area contributed by atoms with Crippen LogP contribution in [0.25, 0.3) is 5.57 Å². The number of hydrogen-bond acceptors (Lipinski definition) is 15. The maximum atomic E-state index is 14.0. The van der Waals surface area contributed by atoms with E-state index >= 15 is 0 Å². The molecule has 3 heterocycles. The third kappa shape index (κ3) is 8.74. The number of carbonyl (C=O) groups is 5. The lowest BCUT2D eigenvalue weighted by Gasteiger charge is -2.39. The molecule has 58 heavy (non-hydrogen) atoms. The molecule has 1 amide bonds. The number of ketones is 1. The third-order valence-electron chi connectivity index (χ3n) is 10.9. The van der Waals surface area contributed by atoms with Gasteiger partial charge in [0.15, 0.2) is 11.5 Å². The highest BCUT2D eigenvalue weighted by Gasteiger charge is 2.48. The van der Waals surface area contributed by atoms with E-state index in [-0.39, 0.29) is 61.9 Å². The van der Waals surface area contributed by atoms with Crippen molar-refractivity contribution < 1.29 is 73.2 Å². The molecule has 0 fully saturated rings. The van der Waals surface area contributed by atoms with Gasteiger partial charge in [0, 0.05) is 53.9 Å². The lowest BCUT2D eigenvalue weighted by atomic mass is 9.75. The molecule has 3 aliphatic heterocycles. The highest BCUT2D eigenvalue weighted by molar-refractivity contribution is 6.21. The molecular formula is C42H53NO15. The summed E-state index contributed by atoms with van der Waals surface area (Å²) in [5.41, 5.74) is -2.47. The number of esters is 3. The van der Waals surface area contributed by atoms with Crippen molar-refractivity contribution in [1.29, 1.82) is 0 Å². The number of fused-ring (bicyclic) bond motifs is 14. The first-order valence-electron chi connectivity index (χ1n) is 18.7. The van der Waals surface area contributed by atoms with Crippen LogP contribution in [-0.4, -0.2) is 99.1 Å². The molecule has 4 aliphatic rings. The largest absolute Gasteiger partial charge is 0.505 e. The Labute approximate surface area is 336 Å². The van der Waals surface area contributed by atoms with E-state index in [2.05, 4.69) is 5.32 Å². The summed E-state index contributed by atoms with van der Waals surface area (Å²) in [4.78, 5) is 65.7. The molecule has 4 bridgehead atoms. The molecule has 0 saturated heterocycles. The van der Waals surface area contributed by atoms with Crippen molar-refractivity contribution in [3.8, 4) is 11.5 Å². The zero-order chi connectivity index (χ0) is 43.7. The number of amides is 1. The number of ether oxygens (including phenoxy) is 5. The minimum atomic E-state index is -2.20. The number of benzene rings is 1. The average Bonchev–Trinajstić information content (AvgIpc) is 3.16. The number of phenols is 1. The molecule has 16 heteroatoms. The van der Waals surface area contributed by atoms with E-state index < -0.39 is 95.8 Å². The Morgan fingerprint density at radius 1 is 0.897 bits per heavy atom. The molecule has 6 N–H and O–H groups in total. The second-order valence-electron chi connectivity index (χ2n) is 15.3. The van der Waals surface area contributed by atoms with Gasteiger partial charge in [-0.05, 0) is 46.3 Å². The van der Waals surface area contributed by atoms with Crippen LogP contribution in [0.3, 0.4) is 0 Å². The van der Waals surface area contributed by atoms with E-state index in [0.29, 0.717) is 0 Å². The van der Waals surface area contributed by atoms with Crippen LogP contribution >= 0.6 is 0 Å². The summed E-state index contributed by atoms with van der Waals surface area (Å²) in [5.74, 6) is -9.54. The van der Waals surface area contributed by atoms with Crippen molar-refractivity contribution in [2.75, 3.05) is 19.2 Å². The summed E-state index contributed by atoms with van der Waals surface area (Å²) >= 11 is 0. The molecule has 0 spiro atoms. The monoisotopic (exact) mass is 811 g/mol. The number of phenolic OH excluding ortho intramolecular Hbond substituents is 1. The van der Waals surface area contributed by atoms with Gasteiger partial charge in [-0.25, -0.2) is 0 Å². The van der Waals surface area contributed by atoms with Gasteiger partial charge in [0.1, 0.15) is 34.9 Å². The normalized spacial score (nSPS) is 30.3. The molecule has 0 aromatic heterocycles. The maximum absolute atomic E-state index is 14.0. The van der Waals surface area contributed by atoms with Crippen molar-refractivity contribution in [2.45, 2.75) is 99.3 Å². The number of aliphatic hydroxyl groups excluding tert-OH is 3. The molecular weight excluding hydrogens is 758 g/mol. The number of nitrogens with one attached hydrogen (secondary N) is 1. The van der Waals surface area contributed by atoms with E-state index in [4.69, 9.17) is 23.7 Å². The van der Waals surface area contributed by atoms with Crippen LogP contribution in [0.2, 0.25) is 0 Å². The summed E-state index contributed by atoms with van der Waals surface area (Å²) in [5, 5.41) is 61.2. The number of hydrogen-bond donors (Lipinski definition) is 6. The molecule has 5 rings (SSSR count). The molecule has 0 saturated carbocycles. The van der Waals surface area contributed by atoms with E-state index in [1.54, 1.807) is 13.0 Å². The number of rotatable bonds is 3. The van der Waals surface area contributed by atoms with E-state index in [1.165, 1.54) is 66.7 Å². The second kappa shape index (κ2) is 17.7. The fourth-order valence-corrected chi connectivity index (χ4v) is 7.67. The summed E-state index contributed by atoms with van der Waals surface area (Å²) in [7, 11) is 1.05. The summed E-state index contributed by atoms with van der Waals surface area (Å²) < 4.78 is 28.0. The molecule has 9 atom stereocenters. The van der Waals surface area contributed by atoms with Crippen LogP contribution in [0.15, 0.2) is 52.5 Å². The molecule has 316 valence electrons. The Hall–Kier alpha value is -5.29. The summed E-state index contributed by atoms with van der Waals surface area (Å²) in [6, 6.07) is 0. The van der Waals surface area contributed by atoms with Gasteiger partial charge in [-0.15, -0.1) is 0 Å². The number of carbonyl (C=O) groups excluding carboxylic acids is 5. The van der Waals surface area contributed by atoms with Gasteiger partial charge in [0.2, 0.25) is 6.79 Å². The Morgan fingerprint density at radius 2 is 1.50 bits per heavy atom. The summed E-state index contributed by atoms with van der Waals surface area (Å²) in [6.45, 7) is 13.5. The summed E-state index contributed by atoms with van der Waals surface area (Å²) in [6.07, 6.45) is -0.755. The predicted molar refractivity (Wildman–Crippen MR) is 208 cm³/mol. The van der Waals surface area contributed by atoms with Crippen LogP contribution in [0.4, 0.5) is 5.69 Å². The van der Waals surface area contributed by atoms with Crippen LogP contribution < -0.4 is 10.1 Å². The molecule has 0 radical (unpaired) electrons. The van der Waals surface area contributed by atoms with E-state index in [9.17, 15) is 49.5 Å². The highest BCUT2D eigenvalue weighted by Crippen LogP contribution is 2.53. The van der Waals surface area contributed by atoms with Gasteiger partial charge in [0.05, 0.1) is 42.2 Å². The zero-order valence-electron chi connectivity index (χ0n) is 34.5. The average molecular weight is 812 g/mol. The lowest BCUT2D eigenvalue weighted by molar-refractivity contribution is -0.171. The number of allylic oxidation sites excluding steroid dienone is 5. The van der Waals surface area contributed by atoms with Gasteiger partial charge in [-0.2, -0.15) is 0 Å². The Bertz CT molecular complexity index is 2040. The fraction of sp³-hybridized carbons (Fsp3) is 0.500.